The Bertz CT molecular complexity index is 2650. The summed E-state index contributed by atoms with van der Waals surface area (Å²) in [5.41, 5.74) is 5.67. The minimum atomic E-state index is -0.550. The second kappa shape index (κ2) is 28.3. The smallest absolute Gasteiger partial charge is 0.414 e. The molecular weight excluding hydrogens is 1050 g/mol. The molecule has 4 aromatic rings. The Balaban J connectivity index is 0.000000243. The van der Waals surface area contributed by atoms with Crippen LogP contribution < -0.4 is 25.0 Å². The third-order valence-corrected chi connectivity index (χ3v) is 11.8. The van der Waals surface area contributed by atoms with Crippen LogP contribution in [0.4, 0.5) is 41.4 Å². The van der Waals surface area contributed by atoms with Gasteiger partial charge in [-0.15, -0.1) is 12.4 Å². The Labute approximate surface area is 441 Å². The van der Waals surface area contributed by atoms with Crippen LogP contribution in [0.2, 0.25) is 0 Å². The SMILES string of the molecule is CC(=O)CC[C@H]1CN(c2ccc(-c3ccc(N4C=NNCC4)nc3)c(F)c2)C(=O)O1.CCOC(=O)CBr.CCOC(=O)CN1CCN(c2ccc(-c3ccc(N4C[C@H](CCC(C)=O)OC4=O)cc3F)cn2)C=N1.Cl. The Morgan fingerprint density at radius 3 is 1.58 bits per heavy atom. The molecule has 0 bridgehead atoms. The molecule has 24 heteroatoms. The number of pyridine rings is 2. The maximum atomic E-state index is 15.0. The number of hydrazone groups is 2. The summed E-state index contributed by atoms with van der Waals surface area (Å²) in [6.07, 6.45) is 6.21. The first kappa shape index (κ1) is 57.6. The van der Waals surface area contributed by atoms with Crippen molar-refractivity contribution in [3.63, 3.8) is 0 Å². The summed E-state index contributed by atoms with van der Waals surface area (Å²) >= 11 is 2.94. The van der Waals surface area contributed by atoms with Crippen LogP contribution in [0.1, 0.15) is 53.4 Å². The number of aromatic nitrogens is 2. The van der Waals surface area contributed by atoms with E-state index in [0.717, 1.165) is 18.9 Å². The molecule has 2 aromatic heterocycles. The van der Waals surface area contributed by atoms with Gasteiger partial charge in [-0.1, -0.05) is 15.9 Å². The van der Waals surface area contributed by atoms with Crippen LogP contribution in [0.15, 0.2) is 83.3 Å². The quantitative estimate of drug-likeness (QED) is 0.0614. The molecule has 396 valence electrons. The van der Waals surface area contributed by atoms with Crippen molar-refractivity contribution in [1.82, 2.24) is 20.4 Å². The Morgan fingerprint density at radius 1 is 0.703 bits per heavy atom. The summed E-state index contributed by atoms with van der Waals surface area (Å²) in [6.45, 7) is 10.6. The molecule has 8 rings (SSSR count). The number of ketones is 2. The number of halogens is 4. The van der Waals surface area contributed by atoms with Crippen LogP contribution in [-0.2, 0) is 38.1 Å². The molecule has 20 nitrogen and oxygen atoms in total. The van der Waals surface area contributed by atoms with E-state index in [1.165, 1.54) is 35.8 Å². The van der Waals surface area contributed by atoms with E-state index in [0.29, 0.717) is 103 Å². The number of benzene rings is 2. The van der Waals surface area contributed by atoms with Crippen molar-refractivity contribution in [3.05, 3.63) is 84.7 Å². The van der Waals surface area contributed by atoms with E-state index in [-0.39, 0.29) is 55.1 Å². The van der Waals surface area contributed by atoms with Crippen molar-refractivity contribution in [1.29, 1.82) is 0 Å². The highest BCUT2D eigenvalue weighted by Crippen LogP contribution is 2.32. The molecule has 2 fully saturated rings. The topological polar surface area (TPSA) is 218 Å². The monoisotopic (exact) mass is 1110 g/mol. The zero-order chi connectivity index (χ0) is 52.4. The average molecular weight is 1110 g/mol. The van der Waals surface area contributed by atoms with Crippen molar-refractivity contribution in [2.45, 2.75) is 65.6 Å². The van der Waals surface area contributed by atoms with Crippen LogP contribution in [0, 0.1) is 11.6 Å². The fourth-order valence-electron chi connectivity index (χ4n) is 7.64. The highest BCUT2D eigenvalue weighted by Gasteiger charge is 2.34. The molecule has 0 aliphatic carbocycles. The van der Waals surface area contributed by atoms with Gasteiger partial charge < -0.3 is 43.8 Å². The molecule has 74 heavy (non-hydrogen) atoms. The Kier molecular flexibility index (Phi) is 22.0. The van der Waals surface area contributed by atoms with Gasteiger partial charge in [0.1, 0.15) is 71.6 Å². The lowest BCUT2D eigenvalue weighted by Gasteiger charge is -2.28. The molecule has 2 atom stereocenters. The number of nitrogens with zero attached hydrogens (tertiary/aromatic N) is 9. The number of hydrogen-bond acceptors (Lipinski definition) is 18. The summed E-state index contributed by atoms with van der Waals surface area (Å²) in [5, 5.41) is 10.2. The van der Waals surface area contributed by atoms with Crippen molar-refractivity contribution in [2.24, 2.45) is 10.2 Å². The summed E-state index contributed by atoms with van der Waals surface area (Å²) < 4.78 is 49.9. The van der Waals surface area contributed by atoms with E-state index in [2.05, 4.69) is 46.3 Å². The largest absolute Gasteiger partial charge is 0.465 e. The molecule has 2 saturated heterocycles. The zero-order valence-corrected chi connectivity index (χ0v) is 43.7. The second-order valence-corrected chi connectivity index (χ2v) is 17.3. The molecule has 0 unspecified atom stereocenters. The first-order valence-electron chi connectivity index (χ1n) is 23.6. The van der Waals surface area contributed by atoms with Crippen molar-refractivity contribution >= 4 is 99.7 Å². The number of alkyl halides is 1. The van der Waals surface area contributed by atoms with Crippen LogP contribution in [0.25, 0.3) is 22.3 Å². The molecule has 0 radical (unpaired) electrons. The van der Waals surface area contributed by atoms with E-state index in [1.807, 2.05) is 15.9 Å². The predicted molar refractivity (Wildman–Crippen MR) is 280 cm³/mol. The summed E-state index contributed by atoms with van der Waals surface area (Å²) in [6, 6.07) is 16.4. The van der Waals surface area contributed by atoms with Crippen LogP contribution in [0.5, 0.6) is 0 Å². The van der Waals surface area contributed by atoms with Crippen LogP contribution in [0.3, 0.4) is 0 Å². The van der Waals surface area contributed by atoms with Crippen LogP contribution >= 0.6 is 28.3 Å². The third kappa shape index (κ3) is 16.4. The van der Waals surface area contributed by atoms with Crippen molar-refractivity contribution < 1.29 is 56.5 Å². The fraction of sp³-hybridized carbons (Fsp3) is 0.400. The van der Waals surface area contributed by atoms with E-state index in [1.54, 1.807) is 86.4 Å². The number of ether oxygens (including phenoxy) is 4. The van der Waals surface area contributed by atoms with Gasteiger partial charge in [-0.2, -0.15) is 10.2 Å². The molecule has 6 heterocycles. The minimum absolute atomic E-state index is 0. The van der Waals surface area contributed by atoms with Gasteiger partial charge in [0.2, 0.25) is 0 Å². The molecule has 0 saturated carbocycles. The molecule has 1 N–H and O–H groups in total. The first-order chi connectivity index (χ1) is 35.1. The average Bonchev–Trinajstić information content (AvgIpc) is 3.97. The third-order valence-electron chi connectivity index (χ3n) is 11.4. The predicted octanol–water partition coefficient (Wildman–Crippen LogP) is 7.51. The maximum Gasteiger partial charge on any atom is 0.414 e. The molecule has 2 aromatic carbocycles. The van der Waals surface area contributed by atoms with E-state index < -0.39 is 29.9 Å². The number of esters is 2. The minimum Gasteiger partial charge on any atom is -0.465 e. The number of nitrogens with one attached hydrogen (secondary N) is 1. The number of Topliss-reactive ketones (excluding diaryl/α,β-unsaturated/α-hetero) is 2. The van der Waals surface area contributed by atoms with Crippen molar-refractivity contribution in [2.75, 3.05) is 84.0 Å². The lowest BCUT2D eigenvalue weighted by Crippen LogP contribution is -2.40. The molecule has 0 spiro atoms. The summed E-state index contributed by atoms with van der Waals surface area (Å²) in [5.74, 6) is -0.0199. The van der Waals surface area contributed by atoms with Gasteiger partial charge in [0.25, 0.3) is 0 Å². The van der Waals surface area contributed by atoms with Gasteiger partial charge in [-0.05, 0) is 101 Å². The Morgan fingerprint density at radius 2 is 1.20 bits per heavy atom. The Hall–Kier alpha value is -7.27. The van der Waals surface area contributed by atoms with E-state index >= 15 is 0 Å². The molecular formula is C50H58BrClF2N10O10. The number of cyclic esters (lactones) is 2. The number of carbonyl (C=O) groups is 6. The van der Waals surface area contributed by atoms with Gasteiger partial charge in [-0.3, -0.25) is 24.4 Å². The highest BCUT2D eigenvalue weighted by atomic mass is 79.9. The lowest BCUT2D eigenvalue weighted by atomic mass is 10.1. The van der Waals surface area contributed by atoms with Gasteiger partial charge >= 0.3 is 24.1 Å². The van der Waals surface area contributed by atoms with Gasteiger partial charge in [0.15, 0.2) is 0 Å². The lowest BCUT2D eigenvalue weighted by molar-refractivity contribution is -0.144. The number of rotatable bonds is 17. The van der Waals surface area contributed by atoms with E-state index in [9.17, 15) is 37.5 Å². The van der Waals surface area contributed by atoms with Gasteiger partial charge in [0.05, 0.1) is 50.8 Å². The van der Waals surface area contributed by atoms with Crippen LogP contribution in [-0.4, -0.2) is 140 Å². The van der Waals surface area contributed by atoms with Gasteiger partial charge in [0, 0.05) is 60.6 Å². The normalized spacial score (nSPS) is 16.7. The first-order valence-corrected chi connectivity index (χ1v) is 24.7. The van der Waals surface area contributed by atoms with Crippen molar-refractivity contribution in [3.8, 4) is 22.3 Å². The molecule has 2 amide bonds. The fourth-order valence-corrected chi connectivity index (χ4v) is 7.80. The number of hydrogen-bond donors (Lipinski definition) is 1. The highest BCUT2D eigenvalue weighted by molar-refractivity contribution is 9.09. The molecule has 4 aliphatic heterocycles. The summed E-state index contributed by atoms with van der Waals surface area (Å²) in [4.78, 5) is 83.8. The van der Waals surface area contributed by atoms with E-state index in [4.69, 9.17) is 14.2 Å². The number of anilines is 4. The van der Waals surface area contributed by atoms with Gasteiger partial charge in [-0.25, -0.2) is 28.3 Å². The number of carbonyl (C=O) groups excluding carboxylic acids is 6. The summed E-state index contributed by atoms with van der Waals surface area (Å²) in [7, 11) is 0. The zero-order valence-electron chi connectivity index (χ0n) is 41.3. The second-order valence-electron chi connectivity index (χ2n) is 16.8. The maximum absolute atomic E-state index is 15.0. The molecule has 4 aliphatic rings. The standard InChI is InChI=1S/C25H28FN5O5.C21H22FN5O3.C4H7BrO2.ClH/c1-3-35-24(33)15-30-11-10-29(16-28-30)23-9-5-18(13-27-23)21-8-6-19(12-22(21)26)31-14-20(36-25(31)34)7-4-17(2)32;1-14(28)2-5-17-12-27(21(29)30-17)16-4-6-18(19(22)10-16)15-3-7-20(23-11-15)26-9-8-24-25-13-26;1-2-7-4(6)3-5;/h5-6,8-9,12-13,16,20H,3-4,7,10-11,14-15H2,1-2H3;3-4,6-7,10-11,13,17,24H,2,5,8-9,12H2,1H3;2-3H2,1H3;1H/t20-;17-;;/m00../s1. The number of amides is 2.